The SMILES string of the molecule is Cc1ccc(Cn2cccc(NC(=O)C3CCOCC3)c2=O)cc1. The molecule has 0 aliphatic carbocycles. The molecule has 1 aromatic carbocycles. The summed E-state index contributed by atoms with van der Waals surface area (Å²) in [5.74, 6) is -0.174. The first kappa shape index (κ1) is 16.5. The number of aromatic nitrogens is 1. The highest BCUT2D eigenvalue weighted by atomic mass is 16.5. The Morgan fingerprint density at radius 2 is 1.92 bits per heavy atom. The molecule has 1 aromatic heterocycles. The third-order valence-corrected chi connectivity index (χ3v) is 4.34. The molecule has 1 fully saturated rings. The minimum atomic E-state index is -0.182. The van der Waals surface area contributed by atoms with Crippen molar-refractivity contribution in [3.05, 3.63) is 64.1 Å². The van der Waals surface area contributed by atoms with E-state index < -0.39 is 0 Å². The number of amides is 1. The third kappa shape index (κ3) is 3.92. The maximum Gasteiger partial charge on any atom is 0.274 e. The smallest absolute Gasteiger partial charge is 0.274 e. The molecule has 5 nitrogen and oxygen atoms in total. The van der Waals surface area contributed by atoms with Crippen molar-refractivity contribution < 1.29 is 9.53 Å². The molecule has 1 N–H and O–H groups in total. The molecule has 1 amide bonds. The maximum absolute atomic E-state index is 12.6. The molecule has 0 radical (unpaired) electrons. The van der Waals surface area contributed by atoms with Crippen LogP contribution in [0.3, 0.4) is 0 Å². The van der Waals surface area contributed by atoms with Gasteiger partial charge in [0.05, 0.1) is 6.54 Å². The van der Waals surface area contributed by atoms with Gasteiger partial charge in [-0.2, -0.15) is 0 Å². The lowest BCUT2D eigenvalue weighted by Crippen LogP contribution is -2.32. The van der Waals surface area contributed by atoms with Gasteiger partial charge in [-0.15, -0.1) is 0 Å². The molecule has 2 aromatic rings. The van der Waals surface area contributed by atoms with Crippen molar-refractivity contribution >= 4 is 11.6 Å². The van der Waals surface area contributed by atoms with Gasteiger partial charge in [0.1, 0.15) is 5.69 Å². The van der Waals surface area contributed by atoms with Gasteiger partial charge in [0.2, 0.25) is 5.91 Å². The molecule has 126 valence electrons. The number of ether oxygens (including phenoxy) is 1. The van der Waals surface area contributed by atoms with Crippen LogP contribution in [0.5, 0.6) is 0 Å². The number of hydrogen-bond acceptors (Lipinski definition) is 3. The summed E-state index contributed by atoms with van der Waals surface area (Å²) in [5, 5.41) is 2.79. The predicted molar refractivity (Wildman–Crippen MR) is 93.2 cm³/mol. The van der Waals surface area contributed by atoms with Crippen LogP contribution >= 0.6 is 0 Å². The Kier molecular flexibility index (Phi) is 5.11. The van der Waals surface area contributed by atoms with Crippen molar-refractivity contribution in [2.24, 2.45) is 5.92 Å². The Hall–Kier alpha value is -2.40. The molecule has 24 heavy (non-hydrogen) atoms. The highest BCUT2D eigenvalue weighted by Crippen LogP contribution is 2.16. The molecule has 0 atom stereocenters. The van der Waals surface area contributed by atoms with Crippen LogP contribution in [0.1, 0.15) is 24.0 Å². The number of carbonyl (C=O) groups is 1. The van der Waals surface area contributed by atoms with Gasteiger partial charge < -0.3 is 14.6 Å². The van der Waals surface area contributed by atoms with E-state index in [1.807, 2.05) is 31.2 Å². The zero-order chi connectivity index (χ0) is 16.9. The first-order valence-electron chi connectivity index (χ1n) is 8.27. The molecule has 2 heterocycles. The second-order valence-corrected chi connectivity index (χ2v) is 6.22. The van der Waals surface area contributed by atoms with E-state index in [1.165, 1.54) is 5.56 Å². The van der Waals surface area contributed by atoms with Crippen LogP contribution < -0.4 is 10.9 Å². The number of hydrogen-bond donors (Lipinski definition) is 1. The van der Waals surface area contributed by atoms with Gasteiger partial charge >= 0.3 is 0 Å². The Bertz CT molecular complexity index is 759. The molecular weight excluding hydrogens is 304 g/mol. The van der Waals surface area contributed by atoms with Gasteiger partial charge in [-0.3, -0.25) is 9.59 Å². The van der Waals surface area contributed by atoms with Gasteiger partial charge in [-0.05, 0) is 37.5 Å². The van der Waals surface area contributed by atoms with E-state index >= 15 is 0 Å². The van der Waals surface area contributed by atoms with Crippen molar-refractivity contribution in [3.8, 4) is 0 Å². The number of rotatable bonds is 4. The van der Waals surface area contributed by atoms with E-state index in [9.17, 15) is 9.59 Å². The van der Waals surface area contributed by atoms with Gasteiger partial charge in [0, 0.05) is 25.3 Å². The number of nitrogens with zero attached hydrogens (tertiary/aromatic N) is 1. The minimum Gasteiger partial charge on any atom is -0.381 e. The molecule has 1 saturated heterocycles. The van der Waals surface area contributed by atoms with E-state index in [0.29, 0.717) is 38.3 Å². The van der Waals surface area contributed by atoms with Crippen molar-refractivity contribution in [1.29, 1.82) is 0 Å². The second-order valence-electron chi connectivity index (χ2n) is 6.22. The van der Waals surface area contributed by atoms with Crippen molar-refractivity contribution in [2.45, 2.75) is 26.3 Å². The summed E-state index contributed by atoms with van der Waals surface area (Å²) in [6, 6.07) is 11.5. The van der Waals surface area contributed by atoms with Gasteiger partial charge in [0.15, 0.2) is 0 Å². The van der Waals surface area contributed by atoms with Crippen LogP contribution in [-0.2, 0) is 16.1 Å². The molecule has 1 aliphatic heterocycles. The van der Waals surface area contributed by atoms with Crippen molar-refractivity contribution in [3.63, 3.8) is 0 Å². The lowest BCUT2D eigenvalue weighted by Gasteiger charge is -2.21. The first-order chi connectivity index (χ1) is 11.6. The first-order valence-corrected chi connectivity index (χ1v) is 8.27. The third-order valence-electron chi connectivity index (χ3n) is 4.34. The molecule has 0 unspecified atom stereocenters. The monoisotopic (exact) mass is 326 g/mol. The maximum atomic E-state index is 12.6. The summed E-state index contributed by atoms with van der Waals surface area (Å²) < 4.78 is 6.89. The fourth-order valence-electron chi connectivity index (χ4n) is 2.84. The number of aryl methyl sites for hydroxylation is 1. The number of benzene rings is 1. The van der Waals surface area contributed by atoms with Crippen LogP contribution in [-0.4, -0.2) is 23.7 Å². The highest BCUT2D eigenvalue weighted by molar-refractivity contribution is 5.92. The van der Waals surface area contributed by atoms with Gasteiger partial charge in [0.25, 0.3) is 5.56 Å². The Balaban J connectivity index is 1.74. The lowest BCUT2D eigenvalue weighted by atomic mass is 9.99. The lowest BCUT2D eigenvalue weighted by molar-refractivity contribution is -0.122. The average molecular weight is 326 g/mol. The van der Waals surface area contributed by atoms with E-state index in [0.717, 1.165) is 5.56 Å². The average Bonchev–Trinajstić information content (AvgIpc) is 2.61. The number of anilines is 1. The van der Waals surface area contributed by atoms with Gasteiger partial charge in [-0.25, -0.2) is 0 Å². The van der Waals surface area contributed by atoms with E-state index in [1.54, 1.807) is 22.9 Å². The molecule has 0 saturated carbocycles. The van der Waals surface area contributed by atoms with Crippen LogP contribution in [0, 0.1) is 12.8 Å². The highest BCUT2D eigenvalue weighted by Gasteiger charge is 2.22. The summed E-state index contributed by atoms with van der Waals surface area (Å²) in [6.07, 6.45) is 3.15. The second kappa shape index (κ2) is 7.45. The number of pyridine rings is 1. The predicted octanol–water partition coefficient (Wildman–Crippen LogP) is 2.57. The van der Waals surface area contributed by atoms with Crippen LogP contribution in [0.15, 0.2) is 47.4 Å². The van der Waals surface area contributed by atoms with Gasteiger partial charge in [-0.1, -0.05) is 29.8 Å². The van der Waals surface area contributed by atoms with Crippen molar-refractivity contribution in [1.82, 2.24) is 4.57 Å². The normalized spacial score (nSPS) is 15.2. The van der Waals surface area contributed by atoms with Crippen LogP contribution in [0.25, 0.3) is 0 Å². The van der Waals surface area contributed by atoms with E-state index in [2.05, 4.69) is 5.32 Å². The summed E-state index contributed by atoms with van der Waals surface area (Å²) in [5.41, 5.74) is 2.39. The Morgan fingerprint density at radius 3 is 2.62 bits per heavy atom. The van der Waals surface area contributed by atoms with Crippen molar-refractivity contribution in [2.75, 3.05) is 18.5 Å². The molecule has 0 spiro atoms. The number of carbonyl (C=O) groups excluding carboxylic acids is 1. The fraction of sp³-hybridized carbons (Fsp3) is 0.368. The van der Waals surface area contributed by atoms with E-state index in [-0.39, 0.29) is 17.4 Å². The zero-order valence-corrected chi connectivity index (χ0v) is 13.8. The topological polar surface area (TPSA) is 60.3 Å². The molecule has 3 rings (SSSR count). The molecule has 0 bridgehead atoms. The standard InChI is InChI=1S/C19H22N2O3/c1-14-4-6-15(7-5-14)13-21-10-2-3-17(19(21)23)20-18(22)16-8-11-24-12-9-16/h2-7,10,16H,8-9,11-13H2,1H3,(H,20,22). The van der Waals surface area contributed by atoms with Crippen LogP contribution in [0.2, 0.25) is 0 Å². The largest absolute Gasteiger partial charge is 0.381 e. The summed E-state index contributed by atoms with van der Waals surface area (Å²) in [4.78, 5) is 24.9. The quantitative estimate of drug-likeness (QED) is 0.939. The number of nitrogens with one attached hydrogen (secondary N) is 1. The molecular formula is C19H22N2O3. The summed E-state index contributed by atoms with van der Waals surface area (Å²) in [6.45, 7) is 3.72. The molecule has 1 aliphatic rings. The summed E-state index contributed by atoms with van der Waals surface area (Å²) in [7, 11) is 0. The Morgan fingerprint density at radius 1 is 1.21 bits per heavy atom. The fourth-order valence-corrected chi connectivity index (χ4v) is 2.84. The Labute approximate surface area is 141 Å². The van der Waals surface area contributed by atoms with Crippen LogP contribution in [0.4, 0.5) is 5.69 Å². The zero-order valence-electron chi connectivity index (χ0n) is 13.8. The molecule has 5 heteroatoms. The van der Waals surface area contributed by atoms with E-state index in [4.69, 9.17) is 4.74 Å². The minimum absolute atomic E-state index is 0.0797. The summed E-state index contributed by atoms with van der Waals surface area (Å²) >= 11 is 0.